The van der Waals surface area contributed by atoms with Gasteiger partial charge >= 0.3 is 0 Å². The van der Waals surface area contributed by atoms with Gasteiger partial charge in [-0.05, 0) is 36.8 Å². The van der Waals surface area contributed by atoms with E-state index in [1.165, 1.54) is 0 Å². The van der Waals surface area contributed by atoms with Gasteiger partial charge in [0.1, 0.15) is 0 Å². The van der Waals surface area contributed by atoms with Crippen molar-refractivity contribution in [1.82, 2.24) is 15.5 Å². The number of hydrogen-bond donors (Lipinski definition) is 1. The average molecular weight is 342 g/mol. The van der Waals surface area contributed by atoms with Crippen LogP contribution in [0.1, 0.15) is 17.0 Å². The molecule has 0 saturated heterocycles. The van der Waals surface area contributed by atoms with Crippen molar-refractivity contribution in [2.75, 3.05) is 0 Å². The monoisotopic (exact) mass is 341 g/mol. The van der Waals surface area contributed by atoms with Crippen LogP contribution in [0.15, 0.2) is 52.9 Å². The molecule has 0 atom stereocenters. The highest BCUT2D eigenvalue weighted by Crippen LogP contribution is 2.18. The zero-order chi connectivity index (χ0) is 16.9. The van der Waals surface area contributed by atoms with Crippen molar-refractivity contribution in [2.45, 2.75) is 19.9 Å². The fourth-order valence-electron chi connectivity index (χ4n) is 2.16. The second-order valence-electron chi connectivity index (χ2n) is 5.45. The van der Waals surface area contributed by atoms with E-state index in [1.807, 2.05) is 43.3 Å². The maximum atomic E-state index is 12.0. The van der Waals surface area contributed by atoms with Gasteiger partial charge in [0.25, 0.3) is 0 Å². The quantitative estimate of drug-likeness (QED) is 0.770. The van der Waals surface area contributed by atoms with E-state index >= 15 is 0 Å². The number of carbonyl (C=O) groups excluding carboxylic acids is 1. The Kier molecular flexibility index (Phi) is 4.91. The van der Waals surface area contributed by atoms with Gasteiger partial charge in [-0.15, -0.1) is 10.2 Å². The minimum absolute atomic E-state index is 0.118. The summed E-state index contributed by atoms with van der Waals surface area (Å²) in [5.41, 5.74) is 2.91. The molecule has 5 nitrogen and oxygen atoms in total. The third-order valence-electron chi connectivity index (χ3n) is 3.48. The summed E-state index contributed by atoms with van der Waals surface area (Å²) < 4.78 is 5.57. The van der Waals surface area contributed by atoms with E-state index in [1.54, 1.807) is 12.1 Å². The standard InChI is InChI=1S/C18H16ClN3O2/c1-12-2-6-14(7-3-12)18-22-21-17(24-18)11-20-16(23)10-13-4-8-15(19)9-5-13/h2-9H,10-11H2,1H3,(H,20,23). The molecule has 0 radical (unpaired) electrons. The van der Waals surface area contributed by atoms with Gasteiger partial charge in [0.05, 0.1) is 13.0 Å². The number of halogens is 1. The third kappa shape index (κ3) is 4.20. The Labute approximate surface area is 144 Å². The van der Waals surface area contributed by atoms with E-state index in [0.29, 0.717) is 16.8 Å². The summed E-state index contributed by atoms with van der Waals surface area (Å²) in [7, 11) is 0. The predicted octanol–water partition coefficient (Wildman–Crippen LogP) is 3.56. The molecule has 0 spiro atoms. The number of nitrogens with one attached hydrogen (secondary N) is 1. The summed E-state index contributed by atoms with van der Waals surface area (Å²) in [6.07, 6.45) is 0.274. The van der Waals surface area contributed by atoms with E-state index in [9.17, 15) is 4.79 Å². The summed E-state index contributed by atoms with van der Waals surface area (Å²) in [5.74, 6) is 0.694. The average Bonchev–Trinajstić information content (AvgIpc) is 3.05. The second-order valence-corrected chi connectivity index (χ2v) is 5.88. The molecule has 122 valence electrons. The van der Waals surface area contributed by atoms with Crippen molar-refractivity contribution in [3.63, 3.8) is 0 Å². The number of amides is 1. The molecular weight excluding hydrogens is 326 g/mol. The maximum absolute atomic E-state index is 12.0. The van der Waals surface area contributed by atoms with Crippen LogP contribution in [0.2, 0.25) is 5.02 Å². The SMILES string of the molecule is Cc1ccc(-c2nnc(CNC(=O)Cc3ccc(Cl)cc3)o2)cc1. The summed E-state index contributed by atoms with van der Waals surface area (Å²) in [5, 5.41) is 11.4. The number of nitrogens with zero attached hydrogens (tertiary/aromatic N) is 2. The van der Waals surface area contributed by atoms with Gasteiger partial charge in [0, 0.05) is 10.6 Å². The van der Waals surface area contributed by atoms with E-state index in [0.717, 1.165) is 16.7 Å². The van der Waals surface area contributed by atoms with Crippen molar-refractivity contribution in [2.24, 2.45) is 0 Å². The predicted molar refractivity (Wildman–Crippen MR) is 91.5 cm³/mol. The molecule has 0 aliphatic heterocycles. The lowest BCUT2D eigenvalue weighted by Gasteiger charge is -2.03. The molecule has 0 aliphatic rings. The van der Waals surface area contributed by atoms with Crippen LogP contribution in [-0.2, 0) is 17.8 Å². The van der Waals surface area contributed by atoms with Gasteiger partial charge in [-0.3, -0.25) is 4.79 Å². The molecule has 0 unspecified atom stereocenters. The second kappa shape index (κ2) is 7.27. The molecule has 0 bridgehead atoms. The smallest absolute Gasteiger partial charge is 0.247 e. The van der Waals surface area contributed by atoms with Crippen LogP contribution in [0.5, 0.6) is 0 Å². The lowest BCUT2D eigenvalue weighted by Crippen LogP contribution is -2.24. The molecule has 3 rings (SSSR count). The van der Waals surface area contributed by atoms with Gasteiger partial charge in [-0.1, -0.05) is 41.4 Å². The highest BCUT2D eigenvalue weighted by molar-refractivity contribution is 6.30. The summed E-state index contributed by atoms with van der Waals surface area (Å²) in [4.78, 5) is 12.0. The van der Waals surface area contributed by atoms with E-state index in [-0.39, 0.29) is 18.9 Å². The number of hydrogen-bond acceptors (Lipinski definition) is 4. The Morgan fingerprint density at radius 2 is 1.79 bits per heavy atom. The van der Waals surface area contributed by atoms with E-state index in [4.69, 9.17) is 16.0 Å². The molecule has 1 heterocycles. The Morgan fingerprint density at radius 3 is 2.50 bits per heavy atom. The largest absolute Gasteiger partial charge is 0.419 e. The molecule has 1 aromatic heterocycles. The molecule has 1 amide bonds. The zero-order valence-electron chi connectivity index (χ0n) is 13.1. The number of benzene rings is 2. The molecular formula is C18H16ClN3O2. The molecule has 0 saturated carbocycles. The Hall–Kier alpha value is -2.66. The first-order chi connectivity index (χ1) is 11.6. The summed E-state index contributed by atoms with van der Waals surface area (Å²) >= 11 is 5.82. The van der Waals surface area contributed by atoms with Crippen LogP contribution >= 0.6 is 11.6 Å². The van der Waals surface area contributed by atoms with Gasteiger partial charge < -0.3 is 9.73 Å². The summed E-state index contributed by atoms with van der Waals surface area (Å²) in [6, 6.07) is 15.0. The van der Waals surface area contributed by atoms with Crippen molar-refractivity contribution in [3.05, 3.63) is 70.6 Å². The Bertz CT molecular complexity index is 826. The molecule has 3 aromatic rings. The van der Waals surface area contributed by atoms with Crippen molar-refractivity contribution in [1.29, 1.82) is 0 Å². The van der Waals surface area contributed by atoms with Gasteiger partial charge in [0.15, 0.2) is 0 Å². The van der Waals surface area contributed by atoms with Gasteiger partial charge in [-0.25, -0.2) is 0 Å². The maximum Gasteiger partial charge on any atom is 0.247 e. The van der Waals surface area contributed by atoms with E-state index in [2.05, 4.69) is 15.5 Å². The molecule has 0 fully saturated rings. The zero-order valence-corrected chi connectivity index (χ0v) is 13.9. The fraction of sp³-hybridized carbons (Fsp3) is 0.167. The van der Waals surface area contributed by atoms with Crippen molar-refractivity contribution < 1.29 is 9.21 Å². The first-order valence-corrected chi connectivity index (χ1v) is 7.88. The van der Waals surface area contributed by atoms with Crippen LogP contribution in [0.3, 0.4) is 0 Å². The topological polar surface area (TPSA) is 68.0 Å². The van der Waals surface area contributed by atoms with E-state index < -0.39 is 0 Å². The number of carbonyl (C=O) groups is 1. The first kappa shape index (κ1) is 16.2. The van der Waals surface area contributed by atoms with Crippen LogP contribution in [0.4, 0.5) is 0 Å². The Balaban J connectivity index is 1.56. The van der Waals surface area contributed by atoms with Gasteiger partial charge in [0.2, 0.25) is 17.7 Å². The minimum atomic E-state index is -0.118. The minimum Gasteiger partial charge on any atom is -0.419 e. The Morgan fingerprint density at radius 1 is 1.08 bits per heavy atom. The normalized spacial score (nSPS) is 10.6. The highest BCUT2D eigenvalue weighted by Gasteiger charge is 2.10. The van der Waals surface area contributed by atoms with Crippen molar-refractivity contribution >= 4 is 17.5 Å². The number of aryl methyl sites for hydroxylation is 1. The third-order valence-corrected chi connectivity index (χ3v) is 3.73. The van der Waals surface area contributed by atoms with Crippen LogP contribution in [-0.4, -0.2) is 16.1 Å². The molecule has 2 aromatic carbocycles. The molecule has 6 heteroatoms. The van der Waals surface area contributed by atoms with Crippen LogP contribution in [0, 0.1) is 6.92 Å². The van der Waals surface area contributed by atoms with Crippen molar-refractivity contribution in [3.8, 4) is 11.5 Å². The van der Waals surface area contributed by atoms with Crippen LogP contribution < -0.4 is 5.32 Å². The van der Waals surface area contributed by atoms with Gasteiger partial charge in [-0.2, -0.15) is 0 Å². The number of rotatable bonds is 5. The molecule has 24 heavy (non-hydrogen) atoms. The molecule has 0 aliphatic carbocycles. The fourth-order valence-corrected chi connectivity index (χ4v) is 2.29. The summed E-state index contributed by atoms with van der Waals surface area (Å²) in [6.45, 7) is 2.21. The number of aromatic nitrogens is 2. The lowest BCUT2D eigenvalue weighted by molar-refractivity contribution is -0.120. The first-order valence-electron chi connectivity index (χ1n) is 7.51. The van der Waals surface area contributed by atoms with Crippen LogP contribution in [0.25, 0.3) is 11.5 Å². The lowest BCUT2D eigenvalue weighted by atomic mass is 10.1. The highest BCUT2D eigenvalue weighted by atomic mass is 35.5. The molecule has 1 N–H and O–H groups in total.